The quantitative estimate of drug-likeness (QED) is 0.487. The molecule has 1 N–H and O–H groups in total. The van der Waals surface area contributed by atoms with E-state index in [1.165, 1.54) is 0 Å². The molecule has 3 aromatic rings. The molecule has 0 radical (unpaired) electrons. The Hall–Kier alpha value is -2.70. The molecule has 2 aromatic carbocycles. The topological polar surface area (TPSA) is 42.0 Å². The molecule has 0 saturated carbocycles. The average molecular weight is 447 g/mol. The maximum absolute atomic E-state index is 14.7. The minimum Gasteiger partial charge on any atom is -0.385 e. The van der Waals surface area contributed by atoms with Crippen LogP contribution in [0.25, 0.3) is 0 Å². The summed E-state index contributed by atoms with van der Waals surface area (Å²) < 4.78 is 42.5. The van der Waals surface area contributed by atoms with Gasteiger partial charge in [-0.2, -0.15) is 0 Å². The molecule has 0 fully saturated rings. The lowest BCUT2D eigenvalue weighted by Crippen LogP contribution is -2.18. The fourth-order valence-electron chi connectivity index (χ4n) is 3.02. The highest BCUT2D eigenvalue weighted by Gasteiger charge is 2.29. The smallest absolute Gasteiger partial charge is 0.128 e. The molecule has 7 heteroatoms. The van der Waals surface area contributed by atoms with Gasteiger partial charge in [0.15, 0.2) is 0 Å². The van der Waals surface area contributed by atoms with Gasteiger partial charge in [-0.15, -0.1) is 0 Å². The molecular formula is C23H21ClF2N2OS. The van der Waals surface area contributed by atoms with Crippen LogP contribution < -0.4 is 5.32 Å². The molecule has 0 amide bonds. The van der Waals surface area contributed by atoms with E-state index in [1.54, 1.807) is 42.6 Å². The van der Waals surface area contributed by atoms with Crippen molar-refractivity contribution in [1.82, 2.24) is 10.3 Å². The Morgan fingerprint density at radius 2 is 1.87 bits per heavy atom. The molecule has 30 heavy (non-hydrogen) atoms. The first kappa shape index (κ1) is 22.0. The van der Waals surface area contributed by atoms with Gasteiger partial charge in [0.1, 0.15) is 16.9 Å². The Labute approximate surface area is 180 Å². The summed E-state index contributed by atoms with van der Waals surface area (Å²) in [4.78, 5) is 4.78. The molecule has 3 nitrogen and oxygen atoms in total. The maximum atomic E-state index is 14.7. The summed E-state index contributed by atoms with van der Waals surface area (Å²) in [6.45, 7) is 6.14. The van der Waals surface area contributed by atoms with E-state index in [-0.39, 0.29) is 5.56 Å². The van der Waals surface area contributed by atoms with E-state index in [0.717, 1.165) is 29.5 Å². The third-order valence-electron chi connectivity index (χ3n) is 4.54. The predicted octanol–water partition coefficient (Wildman–Crippen LogP) is 5.50. The summed E-state index contributed by atoms with van der Waals surface area (Å²) >= 11 is 5.94. The van der Waals surface area contributed by atoms with E-state index < -0.39 is 26.4 Å². The van der Waals surface area contributed by atoms with Crippen molar-refractivity contribution in [2.45, 2.75) is 23.6 Å². The maximum Gasteiger partial charge on any atom is 0.128 e. The van der Waals surface area contributed by atoms with E-state index in [0.29, 0.717) is 22.2 Å². The fraction of sp³-hybridized carbons (Fsp3) is 0.130. The highest BCUT2D eigenvalue weighted by molar-refractivity contribution is 8.00. The van der Waals surface area contributed by atoms with E-state index in [2.05, 4.69) is 22.8 Å². The summed E-state index contributed by atoms with van der Waals surface area (Å²) in [7, 11) is -3.16. The second kappa shape index (κ2) is 8.98. The molecule has 2 atom stereocenters. The minimum absolute atomic E-state index is 0.0646. The summed E-state index contributed by atoms with van der Waals surface area (Å²) in [5, 5.41) is 2.48. The first-order valence-corrected chi connectivity index (χ1v) is 11.3. The molecule has 0 aliphatic heterocycles. The number of pyridine rings is 1. The zero-order valence-electron chi connectivity index (χ0n) is 16.4. The van der Waals surface area contributed by atoms with Crippen LogP contribution in [0.4, 0.5) is 8.78 Å². The lowest BCUT2D eigenvalue weighted by molar-refractivity contribution is 0.584. The van der Waals surface area contributed by atoms with Crippen LogP contribution in [0, 0.1) is 11.6 Å². The second-order valence-electron chi connectivity index (χ2n) is 6.95. The summed E-state index contributed by atoms with van der Waals surface area (Å²) in [5.41, 5.74) is 1.93. The van der Waals surface area contributed by atoms with Gasteiger partial charge in [0.2, 0.25) is 0 Å². The first-order valence-electron chi connectivity index (χ1n) is 9.09. The number of halogens is 3. The van der Waals surface area contributed by atoms with Gasteiger partial charge in [-0.1, -0.05) is 24.2 Å². The standard InChI is InChI=1S/C23H21ClF2N2OS/c1-15(2)27-13-16-4-11-22(28-14-16)23(20-12-18(25)7-10-21(20)26)30(3,29)19-8-5-17(24)6-9-19/h4-12,14,23,27H,1,3,13H2,2H3. The van der Waals surface area contributed by atoms with Gasteiger partial charge in [-0.05, 0) is 66.9 Å². The third kappa shape index (κ3) is 4.89. The number of aromatic nitrogens is 1. The Kier molecular flexibility index (Phi) is 6.58. The molecule has 1 aromatic heterocycles. The van der Waals surface area contributed by atoms with Crippen molar-refractivity contribution in [1.29, 1.82) is 0 Å². The molecule has 0 aliphatic carbocycles. The van der Waals surface area contributed by atoms with Crippen LogP contribution in [0.15, 0.2) is 78.0 Å². The SMILES string of the molecule is C=C(C)NCc1ccc(C(c2cc(F)ccc2F)S(=C)(=O)c2ccc(Cl)cc2)nc1. The van der Waals surface area contributed by atoms with Crippen molar-refractivity contribution in [3.8, 4) is 0 Å². The van der Waals surface area contributed by atoms with Gasteiger partial charge in [0.05, 0.1) is 5.69 Å². The Balaban J connectivity index is 2.12. The number of allylic oxidation sites excluding steroid dienone is 1. The Morgan fingerprint density at radius 1 is 1.17 bits per heavy atom. The second-order valence-corrected chi connectivity index (χ2v) is 9.78. The number of hydrogen-bond donors (Lipinski definition) is 1. The monoisotopic (exact) mass is 446 g/mol. The fourth-order valence-corrected chi connectivity index (χ4v) is 5.14. The number of nitrogens with zero attached hydrogens (tertiary/aromatic N) is 1. The molecule has 0 aliphatic rings. The minimum atomic E-state index is -3.16. The van der Waals surface area contributed by atoms with Crippen molar-refractivity contribution in [3.05, 3.63) is 107 Å². The number of hydrogen-bond acceptors (Lipinski definition) is 3. The molecule has 2 unspecified atom stereocenters. The number of rotatable bonds is 7. The zero-order valence-corrected chi connectivity index (χ0v) is 17.9. The van der Waals surface area contributed by atoms with Gasteiger partial charge in [0, 0.05) is 43.4 Å². The van der Waals surface area contributed by atoms with Gasteiger partial charge in [0.25, 0.3) is 0 Å². The van der Waals surface area contributed by atoms with Crippen LogP contribution in [0.5, 0.6) is 0 Å². The van der Waals surface area contributed by atoms with E-state index in [4.69, 9.17) is 11.6 Å². The van der Waals surface area contributed by atoms with Crippen LogP contribution in [0.3, 0.4) is 0 Å². The number of nitrogens with one attached hydrogen (secondary N) is 1. The van der Waals surface area contributed by atoms with Crippen molar-refractivity contribution in [3.63, 3.8) is 0 Å². The van der Waals surface area contributed by atoms with Crippen molar-refractivity contribution in [2.75, 3.05) is 0 Å². The molecule has 0 spiro atoms. The van der Waals surface area contributed by atoms with Crippen LogP contribution in [0.2, 0.25) is 5.02 Å². The number of benzene rings is 2. The lowest BCUT2D eigenvalue weighted by atomic mass is 10.1. The molecule has 0 bridgehead atoms. The average Bonchev–Trinajstić information content (AvgIpc) is 2.70. The van der Waals surface area contributed by atoms with Crippen molar-refractivity contribution >= 4 is 27.0 Å². The van der Waals surface area contributed by atoms with Crippen LogP contribution in [0.1, 0.15) is 29.0 Å². The van der Waals surface area contributed by atoms with Gasteiger partial charge < -0.3 is 5.32 Å². The van der Waals surface area contributed by atoms with Crippen molar-refractivity contribution < 1.29 is 13.0 Å². The first-order chi connectivity index (χ1) is 14.2. The molecule has 156 valence electrons. The Morgan fingerprint density at radius 3 is 2.47 bits per heavy atom. The van der Waals surface area contributed by atoms with E-state index in [9.17, 15) is 13.0 Å². The highest BCUT2D eigenvalue weighted by atomic mass is 35.5. The van der Waals surface area contributed by atoms with Crippen LogP contribution in [-0.4, -0.2) is 15.1 Å². The molecule has 0 saturated heterocycles. The van der Waals surface area contributed by atoms with Crippen LogP contribution >= 0.6 is 11.6 Å². The summed E-state index contributed by atoms with van der Waals surface area (Å²) in [6.07, 6.45) is 1.60. The third-order valence-corrected chi connectivity index (χ3v) is 7.12. The predicted molar refractivity (Wildman–Crippen MR) is 119 cm³/mol. The van der Waals surface area contributed by atoms with Gasteiger partial charge >= 0.3 is 0 Å². The lowest BCUT2D eigenvalue weighted by Gasteiger charge is -2.23. The summed E-state index contributed by atoms with van der Waals surface area (Å²) in [6, 6.07) is 12.8. The van der Waals surface area contributed by atoms with Crippen molar-refractivity contribution in [2.24, 2.45) is 0 Å². The summed E-state index contributed by atoms with van der Waals surface area (Å²) in [5.74, 6) is 2.59. The highest BCUT2D eigenvalue weighted by Crippen LogP contribution is 2.36. The largest absolute Gasteiger partial charge is 0.385 e. The normalized spacial score (nSPS) is 14.0. The Bertz CT molecular complexity index is 1160. The van der Waals surface area contributed by atoms with Gasteiger partial charge in [-0.3, -0.25) is 9.19 Å². The molecular weight excluding hydrogens is 426 g/mol. The van der Waals surface area contributed by atoms with Gasteiger partial charge in [-0.25, -0.2) is 8.78 Å². The van der Waals surface area contributed by atoms with E-state index in [1.807, 2.05) is 6.92 Å². The molecule has 3 rings (SSSR count). The zero-order chi connectivity index (χ0) is 21.9. The van der Waals surface area contributed by atoms with Crippen LogP contribution in [-0.2, 0) is 16.1 Å². The molecule has 1 heterocycles. The van der Waals surface area contributed by atoms with E-state index >= 15 is 0 Å².